The van der Waals surface area contributed by atoms with Crippen molar-refractivity contribution in [1.82, 2.24) is 24.5 Å². The highest BCUT2D eigenvalue weighted by atomic mass is 16.5. The quantitative estimate of drug-likeness (QED) is 0.621. The number of hydrogen-bond acceptors (Lipinski definition) is 8. The van der Waals surface area contributed by atoms with Crippen molar-refractivity contribution in [3.8, 4) is 17.6 Å². The summed E-state index contributed by atoms with van der Waals surface area (Å²) in [5, 5.41) is 0. The Morgan fingerprint density at radius 3 is 2.90 bits per heavy atom. The number of pyridine rings is 1. The van der Waals surface area contributed by atoms with Gasteiger partial charge in [0, 0.05) is 24.2 Å². The van der Waals surface area contributed by atoms with Gasteiger partial charge in [0.05, 0.1) is 37.9 Å². The van der Waals surface area contributed by atoms with Crippen LogP contribution in [-0.4, -0.2) is 50.9 Å². The fourth-order valence-electron chi connectivity index (χ4n) is 3.84. The van der Waals surface area contributed by atoms with Crippen molar-refractivity contribution >= 4 is 16.7 Å². The van der Waals surface area contributed by atoms with Gasteiger partial charge < -0.3 is 14.2 Å². The van der Waals surface area contributed by atoms with Gasteiger partial charge in [-0.05, 0) is 25.5 Å². The second-order valence-corrected chi connectivity index (χ2v) is 7.22. The minimum atomic E-state index is -0.312. The van der Waals surface area contributed by atoms with Crippen LogP contribution >= 0.6 is 0 Å². The largest absolute Gasteiger partial charge is 0.481 e. The molecule has 9 heteroatoms. The van der Waals surface area contributed by atoms with Crippen LogP contribution in [0.4, 0.5) is 0 Å². The zero-order valence-corrected chi connectivity index (χ0v) is 17.2. The van der Waals surface area contributed by atoms with E-state index in [1.807, 2.05) is 19.1 Å². The molecule has 4 heterocycles. The Morgan fingerprint density at radius 1 is 1.23 bits per heavy atom. The van der Waals surface area contributed by atoms with Gasteiger partial charge in [-0.25, -0.2) is 15.0 Å². The molecule has 1 aliphatic carbocycles. The summed E-state index contributed by atoms with van der Waals surface area (Å²) in [6.45, 7) is 2.96. The third kappa shape index (κ3) is 3.46. The van der Waals surface area contributed by atoms with Gasteiger partial charge in [-0.15, -0.1) is 0 Å². The summed E-state index contributed by atoms with van der Waals surface area (Å²) in [5.41, 5.74) is 2.07. The van der Waals surface area contributed by atoms with Crippen LogP contribution < -0.4 is 15.0 Å². The molecule has 31 heavy (non-hydrogen) atoms. The first kappa shape index (κ1) is 19.4. The van der Waals surface area contributed by atoms with Crippen LogP contribution in [0.2, 0.25) is 0 Å². The third-order valence-corrected chi connectivity index (χ3v) is 5.36. The summed E-state index contributed by atoms with van der Waals surface area (Å²) in [6.07, 6.45) is 10.1. The summed E-state index contributed by atoms with van der Waals surface area (Å²) in [4.78, 5) is 31.1. The topological polar surface area (TPSA) is 101 Å². The van der Waals surface area contributed by atoms with Crippen molar-refractivity contribution in [2.75, 3.05) is 20.3 Å². The van der Waals surface area contributed by atoms with Gasteiger partial charge >= 0.3 is 6.01 Å². The second-order valence-electron chi connectivity index (χ2n) is 7.22. The highest BCUT2D eigenvalue weighted by Gasteiger charge is 2.28. The van der Waals surface area contributed by atoms with Crippen molar-refractivity contribution in [3.63, 3.8) is 0 Å². The molecule has 3 aromatic heterocycles. The molecule has 5 rings (SSSR count). The molecule has 2 aliphatic rings. The van der Waals surface area contributed by atoms with Crippen LogP contribution in [0.5, 0.6) is 11.9 Å². The van der Waals surface area contributed by atoms with E-state index < -0.39 is 0 Å². The minimum Gasteiger partial charge on any atom is -0.481 e. The number of methoxy groups -OCH3 is 1. The predicted octanol–water partition coefficient (Wildman–Crippen LogP) is 2.34. The van der Waals surface area contributed by atoms with E-state index in [-0.39, 0.29) is 17.7 Å². The van der Waals surface area contributed by atoms with E-state index >= 15 is 0 Å². The first-order chi connectivity index (χ1) is 15.2. The lowest BCUT2D eigenvalue weighted by Crippen LogP contribution is -2.26. The SMILES string of the molecule is CCOc1ncc2nc(C3=CC4OCCC4C=C3)c(=O)n(-c3ccc(OC)nc3)c2n1. The summed E-state index contributed by atoms with van der Waals surface area (Å²) in [5.74, 6) is 0.789. The van der Waals surface area contributed by atoms with Gasteiger partial charge in [0.15, 0.2) is 5.65 Å². The molecule has 0 saturated carbocycles. The van der Waals surface area contributed by atoms with Crippen LogP contribution in [0.3, 0.4) is 0 Å². The Bertz CT molecular complexity index is 1250. The molecule has 158 valence electrons. The normalized spacial score (nSPS) is 19.9. The van der Waals surface area contributed by atoms with Gasteiger partial charge in [-0.1, -0.05) is 12.2 Å². The van der Waals surface area contributed by atoms with E-state index in [9.17, 15) is 4.79 Å². The number of rotatable bonds is 5. The van der Waals surface area contributed by atoms with Crippen molar-refractivity contribution < 1.29 is 14.2 Å². The lowest BCUT2D eigenvalue weighted by molar-refractivity contribution is 0.135. The third-order valence-electron chi connectivity index (χ3n) is 5.36. The Labute approximate surface area is 178 Å². The first-order valence-corrected chi connectivity index (χ1v) is 10.1. The highest BCUT2D eigenvalue weighted by molar-refractivity contribution is 5.79. The van der Waals surface area contributed by atoms with Crippen LogP contribution in [0.25, 0.3) is 22.4 Å². The van der Waals surface area contributed by atoms with Crippen LogP contribution in [0, 0.1) is 5.92 Å². The molecule has 9 nitrogen and oxygen atoms in total. The molecule has 0 amide bonds. The molecule has 1 saturated heterocycles. The van der Waals surface area contributed by atoms with Gasteiger partial charge in [0.25, 0.3) is 5.56 Å². The molecule has 2 unspecified atom stereocenters. The fraction of sp³-hybridized carbons (Fsp3) is 0.318. The van der Waals surface area contributed by atoms with E-state index in [0.717, 1.165) is 12.0 Å². The molecule has 2 atom stereocenters. The maximum Gasteiger partial charge on any atom is 0.318 e. The van der Waals surface area contributed by atoms with Gasteiger partial charge in [-0.3, -0.25) is 9.36 Å². The van der Waals surface area contributed by atoms with Gasteiger partial charge in [0.2, 0.25) is 5.88 Å². The van der Waals surface area contributed by atoms with Crippen molar-refractivity contribution in [2.24, 2.45) is 5.92 Å². The molecule has 0 N–H and O–H groups in total. The van der Waals surface area contributed by atoms with Crippen molar-refractivity contribution in [1.29, 1.82) is 0 Å². The van der Waals surface area contributed by atoms with Gasteiger partial charge in [0.1, 0.15) is 11.2 Å². The standard InChI is InChI=1S/C22H21N5O4/c1-3-30-22-24-12-16-20(26-22)27(15-6-7-18(29-2)23-11-15)21(28)19(25-16)14-5-4-13-8-9-31-17(13)10-14/h4-7,10-13,17H,3,8-9H2,1-2H3. The first-order valence-electron chi connectivity index (χ1n) is 10.1. The number of ether oxygens (including phenoxy) is 3. The fourth-order valence-corrected chi connectivity index (χ4v) is 3.84. The Hall–Kier alpha value is -3.59. The highest BCUT2D eigenvalue weighted by Crippen LogP contribution is 2.31. The van der Waals surface area contributed by atoms with Gasteiger partial charge in [-0.2, -0.15) is 4.98 Å². The van der Waals surface area contributed by atoms with E-state index in [1.54, 1.807) is 24.5 Å². The van der Waals surface area contributed by atoms with Crippen molar-refractivity contribution in [3.05, 3.63) is 58.8 Å². The number of aromatic nitrogens is 5. The number of hydrogen-bond donors (Lipinski definition) is 0. The lowest BCUT2D eigenvalue weighted by atomic mass is 9.92. The molecule has 1 aliphatic heterocycles. The smallest absolute Gasteiger partial charge is 0.318 e. The molecule has 0 spiro atoms. The Kier molecular flexibility index (Phi) is 4.95. The van der Waals surface area contributed by atoms with E-state index in [1.165, 1.54) is 11.7 Å². The molecule has 0 aromatic carbocycles. The lowest BCUT2D eigenvalue weighted by Gasteiger charge is -2.18. The van der Waals surface area contributed by atoms with Crippen LogP contribution in [-0.2, 0) is 4.74 Å². The monoisotopic (exact) mass is 419 g/mol. The van der Waals surface area contributed by atoms with Crippen LogP contribution in [0.1, 0.15) is 19.0 Å². The van der Waals surface area contributed by atoms with Crippen LogP contribution in [0.15, 0.2) is 47.5 Å². The summed E-state index contributed by atoms with van der Waals surface area (Å²) in [7, 11) is 1.54. The molecule has 3 aromatic rings. The maximum absolute atomic E-state index is 13.6. The molecule has 0 radical (unpaired) electrons. The van der Waals surface area contributed by atoms with E-state index in [0.29, 0.717) is 47.6 Å². The Morgan fingerprint density at radius 2 is 2.13 bits per heavy atom. The zero-order valence-electron chi connectivity index (χ0n) is 17.2. The number of nitrogens with zero attached hydrogens (tertiary/aromatic N) is 5. The second kappa shape index (κ2) is 7.92. The molecular weight excluding hydrogens is 398 g/mol. The average Bonchev–Trinajstić information content (AvgIpc) is 3.27. The molecule has 0 bridgehead atoms. The molecular formula is C22H21N5O4. The average molecular weight is 419 g/mol. The molecule has 1 fully saturated rings. The summed E-state index contributed by atoms with van der Waals surface area (Å²) < 4.78 is 17.8. The van der Waals surface area contributed by atoms with Crippen molar-refractivity contribution in [2.45, 2.75) is 19.4 Å². The summed E-state index contributed by atoms with van der Waals surface area (Å²) >= 11 is 0. The number of allylic oxidation sites excluding steroid dienone is 2. The zero-order chi connectivity index (χ0) is 21.4. The predicted molar refractivity (Wildman–Crippen MR) is 113 cm³/mol. The Balaban J connectivity index is 1.73. The number of fused-ring (bicyclic) bond motifs is 2. The van der Waals surface area contributed by atoms with E-state index in [4.69, 9.17) is 14.2 Å². The summed E-state index contributed by atoms with van der Waals surface area (Å²) in [6, 6.07) is 3.62. The van der Waals surface area contributed by atoms with E-state index in [2.05, 4.69) is 26.0 Å². The maximum atomic E-state index is 13.6. The minimum absolute atomic E-state index is 0.0374.